The van der Waals surface area contributed by atoms with Crippen molar-refractivity contribution in [2.24, 2.45) is 0 Å². The summed E-state index contributed by atoms with van der Waals surface area (Å²) in [4.78, 5) is 19.1. The smallest absolute Gasteiger partial charge is 0.246 e. The summed E-state index contributed by atoms with van der Waals surface area (Å²) in [7, 11) is 1.49. The van der Waals surface area contributed by atoms with Crippen molar-refractivity contribution in [3.05, 3.63) is 29.6 Å². The van der Waals surface area contributed by atoms with Crippen LogP contribution in [-0.2, 0) is 9.53 Å². The van der Waals surface area contributed by atoms with E-state index >= 15 is 0 Å². The molecular weight excluding hydrogens is 230 g/mol. The first kappa shape index (κ1) is 12.6. The Hall–Kier alpha value is -1.88. The SMILES string of the molecule is COCC(=O)NC(C)c1nc2ccc(C)cc2[nH]1. The van der Waals surface area contributed by atoms with Crippen LogP contribution >= 0.6 is 0 Å². The molecule has 0 aliphatic heterocycles. The van der Waals surface area contributed by atoms with Gasteiger partial charge >= 0.3 is 0 Å². The number of methoxy groups -OCH3 is 1. The van der Waals surface area contributed by atoms with Crippen molar-refractivity contribution < 1.29 is 9.53 Å². The highest BCUT2D eigenvalue weighted by Crippen LogP contribution is 2.17. The number of nitrogens with zero attached hydrogens (tertiary/aromatic N) is 1. The molecule has 0 bridgehead atoms. The maximum Gasteiger partial charge on any atom is 0.246 e. The molecular formula is C13H17N3O2. The third kappa shape index (κ3) is 2.68. The van der Waals surface area contributed by atoms with E-state index in [9.17, 15) is 4.79 Å². The topological polar surface area (TPSA) is 67.0 Å². The van der Waals surface area contributed by atoms with Gasteiger partial charge in [-0.3, -0.25) is 4.79 Å². The molecule has 1 aromatic carbocycles. The minimum atomic E-state index is -0.166. The number of imidazole rings is 1. The van der Waals surface area contributed by atoms with E-state index in [1.807, 2.05) is 32.0 Å². The van der Waals surface area contributed by atoms with Gasteiger partial charge in [-0.05, 0) is 31.5 Å². The van der Waals surface area contributed by atoms with Crippen LogP contribution in [0, 0.1) is 6.92 Å². The van der Waals surface area contributed by atoms with Crippen molar-refractivity contribution in [1.29, 1.82) is 0 Å². The zero-order chi connectivity index (χ0) is 13.1. The maximum absolute atomic E-state index is 11.4. The Balaban J connectivity index is 2.17. The standard InChI is InChI=1S/C13H17N3O2/c1-8-4-5-10-11(6-8)16-13(15-10)9(2)14-12(17)7-18-3/h4-6,9H,7H2,1-3H3,(H,14,17)(H,15,16). The van der Waals surface area contributed by atoms with E-state index in [0.717, 1.165) is 16.9 Å². The number of hydrogen-bond donors (Lipinski definition) is 2. The van der Waals surface area contributed by atoms with Gasteiger partial charge in [0.25, 0.3) is 0 Å². The maximum atomic E-state index is 11.4. The lowest BCUT2D eigenvalue weighted by Crippen LogP contribution is -2.30. The van der Waals surface area contributed by atoms with Crippen LogP contribution in [-0.4, -0.2) is 29.6 Å². The van der Waals surface area contributed by atoms with E-state index in [4.69, 9.17) is 4.74 Å². The van der Waals surface area contributed by atoms with Gasteiger partial charge in [-0.1, -0.05) is 6.07 Å². The summed E-state index contributed by atoms with van der Waals surface area (Å²) in [6, 6.07) is 5.85. The molecule has 0 saturated carbocycles. The number of benzene rings is 1. The quantitative estimate of drug-likeness (QED) is 0.864. The van der Waals surface area contributed by atoms with Crippen LogP contribution < -0.4 is 5.32 Å². The molecule has 1 atom stereocenters. The van der Waals surface area contributed by atoms with Crippen molar-refractivity contribution in [2.75, 3.05) is 13.7 Å². The lowest BCUT2D eigenvalue weighted by Gasteiger charge is -2.10. The first-order valence-corrected chi connectivity index (χ1v) is 5.84. The minimum Gasteiger partial charge on any atom is -0.375 e. The predicted octanol–water partition coefficient (Wildman–Crippen LogP) is 1.69. The summed E-state index contributed by atoms with van der Waals surface area (Å²) >= 11 is 0. The Bertz CT molecular complexity index is 562. The number of aryl methyl sites for hydroxylation is 1. The van der Waals surface area contributed by atoms with E-state index in [0.29, 0.717) is 0 Å². The number of aromatic amines is 1. The summed E-state index contributed by atoms with van der Waals surface area (Å²) in [6.07, 6.45) is 0. The van der Waals surface area contributed by atoms with Gasteiger partial charge in [-0.15, -0.1) is 0 Å². The molecule has 1 aromatic heterocycles. The summed E-state index contributed by atoms with van der Waals surface area (Å²) in [5.41, 5.74) is 3.06. The second-order valence-corrected chi connectivity index (χ2v) is 4.36. The van der Waals surface area contributed by atoms with Crippen molar-refractivity contribution in [1.82, 2.24) is 15.3 Å². The molecule has 5 heteroatoms. The Labute approximate surface area is 106 Å². The molecule has 0 aliphatic carbocycles. The van der Waals surface area contributed by atoms with Crippen molar-refractivity contribution >= 4 is 16.9 Å². The van der Waals surface area contributed by atoms with Gasteiger partial charge < -0.3 is 15.0 Å². The molecule has 0 radical (unpaired) electrons. The number of aromatic nitrogens is 2. The van der Waals surface area contributed by atoms with Crippen LogP contribution in [0.5, 0.6) is 0 Å². The second-order valence-electron chi connectivity index (χ2n) is 4.36. The van der Waals surface area contributed by atoms with Gasteiger partial charge in [-0.2, -0.15) is 0 Å². The molecule has 96 valence electrons. The fourth-order valence-corrected chi connectivity index (χ4v) is 1.83. The average Bonchev–Trinajstić information content (AvgIpc) is 2.72. The van der Waals surface area contributed by atoms with E-state index in [1.54, 1.807) is 0 Å². The number of fused-ring (bicyclic) bond motifs is 1. The third-order valence-corrected chi connectivity index (χ3v) is 2.72. The molecule has 18 heavy (non-hydrogen) atoms. The van der Waals surface area contributed by atoms with E-state index < -0.39 is 0 Å². The van der Waals surface area contributed by atoms with Crippen molar-refractivity contribution in [3.8, 4) is 0 Å². The first-order valence-electron chi connectivity index (χ1n) is 5.84. The largest absolute Gasteiger partial charge is 0.375 e. The van der Waals surface area contributed by atoms with Gasteiger partial charge in [-0.25, -0.2) is 4.98 Å². The summed E-state index contributed by atoms with van der Waals surface area (Å²) in [6.45, 7) is 3.98. The van der Waals surface area contributed by atoms with Gasteiger partial charge in [0.05, 0.1) is 17.1 Å². The van der Waals surface area contributed by atoms with Crippen LogP contribution in [0.25, 0.3) is 11.0 Å². The van der Waals surface area contributed by atoms with E-state index in [1.165, 1.54) is 12.7 Å². The van der Waals surface area contributed by atoms with Gasteiger partial charge in [0.2, 0.25) is 5.91 Å². The number of carbonyl (C=O) groups excluding carboxylic acids is 1. The van der Waals surface area contributed by atoms with E-state index in [-0.39, 0.29) is 18.6 Å². The van der Waals surface area contributed by atoms with Gasteiger partial charge in [0.15, 0.2) is 0 Å². The fraction of sp³-hybridized carbons (Fsp3) is 0.385. The van der Waals surface area contributed by atoms with Crippen molar-refractivity contribution in [2.45, 2.75) is 19.9 Å². The minimum absolute atomic E-state index is 0.0592. The molecule has 1 unspecified atom stereocenters. The molecule has 0 spiro atoms. The number of carbonyl (C=O) groups is 1. The van der Waals surface area contributed by atoms with Crippen LogP contribution in [0.1, 0.15) is 24.4 Å². The normalized spacial score (nSPS) is 12.6. The first-order chi connectivity index (χ1) is 8.60. The number of rotatable bonds is 4. The Morgan fingerprint density at radius 1 is 1.56 bits per heavy atom. The molecule has 1 heterocycles. The van der Waals surface area contributed by atoms with Gasteiger partial charge in [0, 0.05) is 7.11 Å². The Morgan fingerprint density at radius 2 is 2.33 bits per heavy atom. The number of amides is 1. The lowest BCUT2D eigenvalue weighted by molar-refractivity contribution is -0.125. The highest BCUT2D eigenvalue weighted by atomic mass is 16.5. The zero-order valence-electron chi connectivity index (χ0n) is 10.8. The second kappa shape index (κ2) is 5.18. The molecule has 2 N–H and O–H groups in total. The average molecular weight is 247 g/mol. The molecule has 2 aromatic rings. The summed E-state index contributed by atoms with van der Waals surface area (Å²) < 4.78 is 4.77. The highest BCUT2D eigenvalue weighted by molar-refractivity contribution is 5.78. The fourth-order valence-electron chi connectivity index (χ4n) is 1.83. The number of hydrogen-bond acceptors (Lipinski definition) is 3. The van der Waals surface area contributed by atoms with E-state index in [2.05, 4.69) is 15.3 Å². The Kier molecular flexibility index (Phi) is 3.62. The van der Waals surface area contributed by atoms with Gasteiger partial charge in [0.1, 0.15) is 12.4 Å². The number of H-pyrrole nitrogens is 1. The molecule has 0 fully saturated rings. The summed E-state index contributed by atoms with van der Waals surface area (Å²) in [5, 5.41) is 2.81. The number of nitrogens with one attached hydrogen (secondary N) is 2. The van der Waals surface area contributed by atoms with Crippen LogP contribution in [0.15, 0.2) is 18.2 Å². The number of ether oxygens (including phenoxy) is 1. The summed E-state index contributed by atoms with van der Waals surface area (Å²) in [5.74, 6) is 0.599. The Morgan fingerprint density at radius 3 is 3.06 bits per heavy atom. The lowest BCUT2D eigenvalue weighted by atomic mass is 10.2. The molecule has 1 amide bonds. The monoisotopic (exact) mass is 247 g/mol. The highest BCUT2D eigenvalue weighted by Gasteiger charge is 2.13. The van der Waals surface area contributed by atoms with Crippen LogP contribution in [0.2, 0.25) is 0 Å². The predicted molar refractivity (Wildman–Crippen MR) is 69.3 cm³/mol. The molecule has 5 nitrogen and oxygen atoms in total. The van der Waals surface area contributed by atoms with Crippen LogP contribution in [0.3, 0.4) is 0 Å². The molecule has 0 aliphatic rings. The van der Waals surface area contributed by atoms with Crippen molar-refractivity contribution in [3.63, 3.8) is 0 Å². The molecule has 2 rings (SSSR count). The van der Waals surface area contributed by atoms with Crippen LogP contribution in [0.4, 0.5) is 0 Å². The zero-order valence-corrected chi connectivity index (χ0v) is 10.8. The molecule has 0 saturated heterocycles. The third-order valence-electron chi connectivity index (χ3n) is 2.72.